The highest BCUT2D eigenvalue weighted by atomic mass is 79.9. The van der Waals surface area contributed by atoms with Gasteiger partial charge in [-0.15, -0.1) is 0 Å². The van der Waals surface area contributed by atoms with Gasteiger partial charge in [-0.25, -0.2) is 9.78 Å². The molecule has 0 atom stereocenters. The Labute approximate surface area is 193 Å². The first-order chi connectivity index (χ1) is 14.9. The Balaban J connectivity index is 1.67. The van der Waals surface area contributed by atoms with E-state index in [1.165, 1.54) is 0 Å². The van der Waals surface area contributed by atoms with Crippen molar-refractivity contribution in [2.24, 2.45) is 0 Å². The third-order valence-electron chi connectivity index (χ3n) is 4.90. The first-order valence-electron chi connectivity index (χ1n) is 9.54. The fourth-order valence-corrected chi connectivity index (χ4v) is 3.65. The molecule has 0 unspecified atom stereocenters. The number of aromatic nitrogens is 1. The van der Waals surface area contributed by atoms with Crippen molar-refractivity contribution in [3.8, 4) is 11.3 Å². The van der Waals surface area contributed by atoms with Gasteiger partial charge in [0, 0.05) is 26.0 Å². The summed E-state index contributed by atoms with van der Waals surface area (Å²) < 4.78 is 6.33. The van der Waals surface area contributed by atoms with Crippen LogP contribution in [0.25, 0.3) is 22.2 Å². The van der Waals surface area contributed by atoms with Crippen molar-refractivity contribution >= 4 is 50.2 Å². The van der Waals surface area contributed by atoms with Gasteiger partial charge in [-0.05, 0) is 55.0 Å². The van der Waals surface area contributed by atoms with E-state index in [2.05, 4.69) is 15.9 Å². The Morgan fingerprint density at radius 3 is 2.42 bits per heavy atom. The van der Waals surface area contributed by atoms with Crippen molar-refractivity contribution in [1.29, 1.82) is 0 Å². The highest BCUT2D eigenvalue weighted by molar-refractivity contribution is 9.10. The van der Waals surface area contributed by atoms with E-state index in [9.17, 15) is 9.59 Å². The molecule has 0 aliphatic rings. The topological polar surface area (TPSA) is 56.3 Å². The van der Waals surface area contributed by atoms with Gasteiger partial charge in [-0.1, -0.05) is 57.9 Å². The van der Waals surface area contributed by atoms with Crippen LogP contribution in [-0.4, -0.2) is 23.3 Å². The van der Waals surface area contributed by atoms with Gasteiger partial charge >= 0.3 is 5.97 Å². The lowest BCUT2D eigenvalue weighted by atomic mass is 10.0. The van der Waals surface area contributed by atoms with Gasteiger partial charge < -0.3 is 4.74 Å². The molecule has 0 amide bonds. The Morgan fingerprint density at radius 1 is 1.00 bits per heavy atom. The molecule has 31 heavy (non-hydrogen) atoms. The second-order valence-corrected chi connectivity index (χ2v) is 8.39. The monoisotopic (exact) mass is 493 g/mol. The number of benzene rings is 3. The Bertz CT molecular complexity index is 1280. The largest absolute Gasteiger partial charge is 0.454 e. The minimum Gasteiger partial charge on any atom is -0.454 e. The number of nitrogens with zero attached hydrogens (tertiary/aromatic N) is 1. The van der Waals surface area contributed by atoms with Crippen molar-refractivity contribution in [2.75, 3.05) is 6.61 Å². The number of ketones is 1. The van der Waals surface area contributed by atoms with Crippen molar-refractivity contribution < 1.29 is 14.3 Å². The number of halogens is 2. The predicted molar refractivity (Wildman–Crippen MR) is 126 cm³/mol. The van der Waals surface area contributed by atoms with Crippen LogP contribution < -0.4 is 0 Å². The molecule has 0 saturated carbocycles. The van der Waals surface area contributed by atoms with Gasteiger partial charge in [-0.3, -0.25) is 4.79 Å². The maximum Gasteiger partial charge on any atom is 0.339 e. The molecular formula is C25H17BrClNO3. The van der Waals surface area contributed by atoms with E-state index >= 15 is 0 Å². The molecule has 0 saturated heterocycles. The summed E-state index contributed by atoms with van der Waals surface area (Å²) in [6, 6.07) is 21.5. The maximum atomic E-state index is 13.0. The number of hydrogen-bond donors (Lipinski definition) is 0. The molecule has 4 rings (SSSR count). The lowest BCUT2D eigenvalue weighted by Gasteiger charge is -2.11. The number of esters is 1. The molecule has 0 aliphatic carbocycles. The Hall–Kier alpha value is -3.02. The number of fused-ring (bicyclic) bond motifs is 1. The van der Waals surface area contributed by atoms with Gasteiger partial charge in [0.1, 0.15) is 0 Å². The number of Topliss-reactive ketones (excluding diaryl/α,β-unsaturated/α-hetero) is 1. The zero-order valence-corrected chi connectivity index (χ0v) is 18.9. The van der Waals surface area contributed by atoms with E-state index in [4.69, 9.17) is 21.3 Å². The number of carbonyl (C=O) groups is 2. The summed E-state index contributed by atoms with van der Waals surface area (Å²) in [5, 5.41) is 1.22. The molecule has 154 valence electrons. The van der Waals surface area contributed by atoms with E-state index in [0.29, 0.717) is 27.2 Å². The summed E-state index contributed by atoms with van der Waals surface area (Å²) in [5.41, 5.74) is 4.00. The first kappa shape index (κ1) is 21.2. The number of carbonyl (C=O) groups excluding carboxylic acids is 2. The molecule has 0 fully saturated rings. The van der Waals surface area contributed by atoms with Crippen LogP contribution in [-0.2, 0) is 4.74 Å². The average molecular weight is 495 g/mol. The van der Waals surface area contributed by atoms with Crippen LogP contribution in [0.15, 0.2) is 77.3 Å². The Morgan fingerprint density at radius 2 is 1.71 bits per heavy atom. The highest BCUT2D eigenvalue weighted by Crippen LogP contribution is 2.28. The first-order valence-corrected chi connectivity index (χ1v) is 10.7. The molecule has 3 aromatic carbocycles. The minimum absolute atomic E-state index is 0.298. The van der Waals surface area contributed by atoms with Crippen LogP contribution in [0.1, 0.15) is 26.3 Å². The molecule has 4 aromatic rings. The van der Waals surface area contributed by atoms with Gasteiger partial charge in [-0.2, -0.15) is 0 Å². The molecule has 6 heteroatoms. The summed E-state index contributed by atoms with van der Waals surface area (Å²) in [4.78, 5) is 30.1. The third-order valence-corrected chi connectivity index (χ3v) is 5.68. The minimum atomic E-state index is -0.571. The van der Waals surface area contributed by atoms with Gasteiger partial charge in [0.05, 0.1) is 16.8 Å². The van der Waals surface area contributed by atoms with Crippen molar-refractivity contribution in [3.05, 3.63) is 99.0 Å². The zero-order chi connectivity index (χ0) is 22.0. The van der Waals surface area contributed by atoms with Crippen molar-refractivity contribution in [2.45, 2.75) is 6.92 Å². The Kier molecular flexibility index (Phi) is 6.16. The van der Waals surface area contributed by atoms with Crippen molar-refractivity contribution in [1.82, 2.24) is 4.98 Å². The molecule has 0 N–H and O–H groups in total. The van der Waals surface area contributed by atoms with Gasteiger partial charge in [0.25, 0.3) is 0 Å². The summed E-state index contributed by atoms with van der Waals surface area (Å²) in [6.45, 7) is 1.59. The lowest BCUT2D eigenvalue weighted by Crippen LogP contribution is -2.15. The summed E-state index contributed by atoms with van der Waals surface area (Å²) >= 11 is 9.29. The molecule has 0 radical (unpaired) electrons. The van der Waals surface area contributed by atoms with E-state index in [1.54, 1.807) is 30.3 Å². The van der Waals surface area contributed by atoms with Crippen LogP contribution in [0.4, 0.5) is 0 Å². The SMILES string of the molecule is Cc1cccc2c(C(=O)OCC(=O)c3ccc(Cl)cc3)cc(-c3ccc(Br)cc3)nc12. The molecule has 0 bridgehead atoms. The van der Waals surface area contributed by atoms with Crippen LogP contribution in [0.2, 0.25) is 5.02 Å². The number of pyridine rings is 1. The second-order valence-electron chi connectivity index (χ2n) is 7.04. The molecule has 1 aromatic heterocycles. The van der Waals surface area contributed by atoms with Crippen LogP contribution in [0, 0.1) is 6.92 Å². The number of para-hydroxylation sites is 1. The summed E-state index contributed by atoms with van der Waals surface area (Å²) in [7, 11) is 0. The summed E-state index contributed by atoms with van der Waals surface area (Å²) in [6.07, 6.45) is 0. The number of aryl methyl sites for hydroxylation is 1. The standard InChI is InChI=1S/C25H17BrClNO3/c1-15-3-2-4-20-21(13-22(28-24(15)20)16-5-9-18(26)10-6-16)25(30)31-14-23(29)17-7-11-19(27)12-8-17/h2-13H,14H2,1H3. The molecule has 0 spiro atoms. The highest BCUT2D eigenvalue weighted by Gasteiger charge is 2.18. The lowest BCUT2D eigenvalue weighted by molar-refractivity contribution is 0.0476. The number of ether oxygens (including phenoxy) is 1. The normalized spacial score (nSPS) is 10.8. The maximum absolute atomic E-state index is 13.0. The van der Waals surface area contributed by atoms with E-state index in [1.807, 2.05) is 49.4 Å². The number of hydrogen-bond acceptors (Lipinski definition) is 4. The molecule has 1 heterocycles. The molecule has 0 aliphatic heterocycles. The van der Waals surface area contributed by atoms with Crippen LogP contribution >= 0.6 is 27.5 Å². The summed E-state index contributed by atoms with van der Waals surface area (Å²) in [5.74, 6) is -0.869. The fraction of sp³-hybridized carbons (Fsp3) is 0.0800. The van der Waals surface area contributed by atoms with Crippen LogP contribution in [0.5, 0.6) is 0 Å². The fourth-order valence-electron chi connectivity index (χ4n) is 3.26. The van der Waals surface area contributed by atoms with E-state index < -0.39 is 5.97 Å². The predicted octanol–water partition coefficient (Wildman–Crippen LogP) is 6.67. The second kappa shape index (κ2) is 9.00. The quantitative estimate of drug-likeness (QED) is 0.230. The van der Waals surface area contributed by atoms with Crippen molar-refractivity contribution in [3.63, 3.8) is 0 Å². The average Bonchev–Trinajstić information content (AvgIpc) is 2.78. The number of rotatable bonds is 5. The molecular weight excluding hydrogens is 478 g/mol. The smallest absolute Gasteiger partial charge is 0.339 e. The van der Waals surface area contributed by atoms with Gasteiger partial charge in [0.2, 0.25) is 0 Å². The zero-order valence-electron chi connectivity index (χ0n) is 16.6. The van der Waals surface area contributed by atoms with E-state index in [-0.39, 0.29) is 12.4 Å². The third kappa shape index (κ3) is 4.68. The van der Waals surface area contributed by atoms with Crippen LogP contribution in [0.3, 0.4) is 0 Å². The molecule has 4 nitrogen and oxygen atoms in total. The van der Waals surface area contributed by atoms with Gasteiger partial charge in [0.15, 0.2) is 12.4 Å². The van der Waals surface area contributed by atoms with E-state index in [0.717, 1.165) is 21.1 Å².